The average molecular weight is 314 g/mol. The van der Waals surface area contributed by atoms with Crippen LogP contribution in [-0.2, 0) is 9.59 Å². The summed E-state index contributed by atoms with van der Waals surface area (Å²) in [5, 5.41) is 11.7. The summed E-state index contributed by atoms with van der Waals surface area (Å²) in [5.74, 6) is -0.837. The topological polar surface area (TPSA) is 92.4 Å². The third-order valence-electron chi connectivity index (χ3n) is 3.70. The zero-order valence-electron chi connectivity index (χ0n) is 14.3. The number of unbranched alkanes of at least 4 members (excludes halogenated alkanes) is 7. The van der Waals surface area contributed by atoms with Gasteiger partial charge >= 0.3 is 5.97 Å². The van der Waals surface area contributed by atoms with Crippen LogP contribution in [-0.4, -0.2) is 29.6 Å². The molecular weight excluding hydrogens is 280 g/mol. The van der Waals surface area contributed by atoms with E-state index < -0.39 is 12.0 Å². The number of rotatable bonds is 14. The predicted molar refractivity (Wildman–Crippen MR) is 89.6 cm³/mol. The fourth-order valence-corrected chi connectivity index (χ4v) is 2.45. The molecule has 0 bridgehead atoms. The summed E-state index contributed by atoms with van der Waals surface area (Å²) in [7, 11) is 0. The molecule has 0 radical (unpaired) electrons. The number of hydrogen-bond donors (Lipinski definition) is 3. The van der Waals surface area contributed by atoms with Crippen LogP contribution in [0.25, 0.3) is 0 Å². The standard InChI is InChI=1S/C17H34N2O3/c1-14(2)13-15(17(21)22)19-16(20)11-9-7-5-3-4-6-8-10-12-18/h14-15H,3-13,18H2,1-2H3,(H,19,20)(H,21,22). The largest absolute Gasteiger partial charge is 0.480 e. The molecule has 130 valence electrons. The molecule has 0 aliphatic heterocycles. The minimum absolute atomic E-state index is 0.143. The molecule has 0 aromatic heterocycles. The fourth-order valence-electron chi connectivity index (χ4n) is 2.45. The van der Waals surface area contributed by atoms with Gasteiger partial charge in [0, 0.05) is 6.42 Å². The second-order valence-corrected chi connectivity index (χ2v) is 6.45. The van der Waals surface area contributed by atoms with E-state index >= 15 is 0 Å². The second kappa shape index (κ2) is 13.6. The average Bonchev–Trinajstić information content (AvgIpc) is 2.44. The van der Waals surface area contributed by atoms with Crippen LogP contribution in [0.15, 0.2) is 0 Å². The van der Waals surface area contributed by atoms with E-state index in [4.69, 9.17) is 10.8 Å². The van der Waals surface area contributed by atoms with E-state index in [0.29, 0.717) is 12.8 Å². The van der Waals surface area contributed by atoms with Crippen LogP contribution in [0.5, 0.6) is 0 Å². The Morgan fingerprint density at radius 1 is 0.955 bits per heavy atom. The highest BCUT2D eigenvalue weighted by Gasteiger charge is 2.20. The molecule has 5 heteroatoms. The van der Waals surface area contributed by atoms with Crippen LogP contribution in [0, 0.1) is 5.92 Å². The molecular formula is C17H34N2O3. The molecule has 0 rings (SSSR count). The maximum Gasteiger partial charge on any atom is 0.326 e. The highest BCUT2D eigenvalue weighted by atomic mass is 16.4. The van der Waals surface area contributed by atoms with Crippen molar-refractivity contribution in [1.29, 1.82) is 0 Å². The lowest BCUT2D eigenvalue weighted by Gasteiger charge is -2.16. The third-order valence-corrected chi connectivity index (χ3v) is 3.70. The Bertz CT molecular complexity index is 306. The first-order chi connectivity index (χ1) is 10.5. The second-order valence-electron chi connectivity index (χ2n) is 6.45. The Morgan fingerprint density at radius 2 is 1.45 bits per heavy atom. The van der Waals surface area contributed by atoms with Crippen LogP contribution in [0.1, 0.15) is 78.1 Å². The monoisotopic (exact) mass is 314 g/mol. The molecule has 0 aliphatic carbocycles. The van der Waals surface area contributed by atoms with Gasteiger partial charge in [0.05, 0.1) is 0 Å². The molecule has 1 amide bonds. The smallest absolute Gasteiger partial charge is 0.326 e. The van der Waals surface area contributed by atoms with E-state index in [9.17, 15) is 9.59 Å². The Hall–Kier alpha value is -1.10. The van der Waals surface area contributed by atoms with Gasteiger partial charge in [-0.3, -0.25) is 4.79 Å². The predicted octanol–water partition coefficient (Wildman–Crippen LogP) is 3.07. The lowest BCUT2D eigenvalue weighted by atomic mass is 10.0. The van der Waals surface area contributed by atoms with Crippen molar-refractivity contribution in [1.82, 2.24) is 5.32 Å². The molecule has 0 aromatic rings. The van der Waals surface area contributed by atoms with E-state index in [1.807, 2.05) is 13.8 Å². The third kappa shape index (κ3) is 12.6. The van der Waals surface area contributed by atoms with Gasteiger partial charge < -0.3 is 16.2 Å². The summed E-state index contributed by atoms with van der Waals surface area (Å²) < 4.78 is 0. The van der Waals surface area contributed by atoms with Crippen LogP contribution < -0.4 is 11.1 Å². The minimum Gasteiger partial charge on any atom is -0.480 e. The number of carboxylic acid groups (broad SMARTS) is 1. The number of aliphatic carboxylic acids is 1. The van der Waals surface area contributed by atoms with Crippen LogP contribution in [0.3, 0.4) is 0 Å². The summed E-state index contributed by atoms with van der Waals surface area (Å²) in [5.41, 5.74) is 5.44. The Labute approximate surface area is 135 Å². The minimum atomic E-state index is -0.945. The van der Waals surface area contributed by atoms with Crippen molar-refractivity contribution in [3.8, 4) is 0 Å². The van der Waals surface area contributed by atoms with Gasteiger partial charge in [-0.1, -0.05) is 52.4 Å². The lowest BCUT2D eigenvalue weighted by molar-refractivity contribution is -0.142. The zero-order chi connectivity index (χ0) is 16.8. The first kappa shape index (κ1) is 20.9. The number of nitrogens with one attached hydrogen (secondary N) is 1. The number of nitrogens with two attached hydrogens (primary N) is 1. The number of carbonyl (C=O) groups is 2. The molecule has 0 heterocycles. The van der Waals surface area contributed by atoms with Gasteiger partial charge in [-0.25, -0.2) is 4.79 Å². The molecule has 22 heavy (non-hydrogen) atoms. The molecule has 4 N–H and O–H groups in total. The summed E-state index contributed by atoms with van der Waals surface area (Å²) in [6.45, 7) is 4.69. The van der Waals surface area contributed by atoms with E-state index in [-0.39, 0.29) is 11.8 Å². The van der Waals surface area contributed by atoms with E-state index in [1.165, 1.54) is 25.7 Å². The SMILES string of the molecule is CC(C)CC(NC(=O)CCCCCCCCCCN)C(=O)O. The molecule has 0 spiro atoms. The number of carbonyl (C=O) groups excluding carboxylic acids is 1. The first-order valence-electron chi connectivity index (χ1n) is 8.69. The van der Waals surface area contributed by atoms with E-state index in [1.54, 1.807) is 0 Å². The molecule has 1 atom stereocenters. The first-order valence-corrected chi connectivity index (χ1v) is 8.69. The Kier molecular flexibility index (Phi) is 12.9. The summed E-state index contributed by atoms with van der Waals surface area (Å²) in [4.78, 5) is 22.8. The van der Waals surface area contributed by atoms with Gasteiger partial charge in [0.15, 0.2) is 0 Å². The molecule has 0 aromatic carbocycles. The molecule has 0 aliphatic rings. The van der Waals surface area contributed by atoms with Crippen molar-refractivity contribution in [3.05, 3.63) is 0 Å². The lowest BCUT2D eigenvalue weighted by Crippen LogP contribution is -2.41. The summed E-state index contributed by atoms with van der Waals surface area (Å²) >= 11 is 0. The van der Waals surface area contributed by atoms with Gasteiger partial charge in [0.1, 0.15) is 6.04 Å². The van der Waals surface area contributed by atoms with Crippen molar-refractivity contribution in [3.63, 3.8) is 0 Å². The van der Waals surface area contributed by atoms with E-state index in [2.05, 4.69) is 5.32 Å². The molecule has 0 fully saturated rings. The van der Waals surface area contributed by atoms with Gasteiger partial charge in [0.25, 0.3) is 0 Å². The number of amides is 1. The molecule has 1 unspecified atom stereocenters. The zero-order valence-corrected chi connectivity index (χ0v) is 14.3. The highest BCUT2D eigenvalue weighted by Crippen LogP contribution is 2.10. The normalized spacial score (nSPS) is 12.4. The van der Waals surface area contributed by atoms with Crippen molar-refractivity contribution in [2.75, 3.05) is 6.54 Å². The fraction of sp³-hybridized carbons (Fsp3) is 0.882. The molecule has 5 nitrogen and oxygen atoms in total. The summed E-state index contributed by atoms with van der Waals surface area (Å²) in [6, 6.07) is -0.755. The van der Waals surface area contributed by atoms with Crippen molar-refractivity contribution in [2.24, 2.45) is 11.7 Å². The quantitative estimate of drug-likeness (QED) is 0.430. The molecule has 0 saturated carbocycles. The van der Waals surface area contributed by atoms with Gasteiger partial charge in [-0.2, -0.15) is 0 Å². The number of hydrogen-bond acceptors (Lipinski definition) is 3. The van der Waals surface area contributed by atoms with E-state index in [0.717, 1.165) is 32.2 Å². The Morgan fingerprint density at radius 3 is 1.91 bits per heavy atom. The van der Waals surface area contributed by atoms with Crippen LogP contribution in [0.2, 0.25) is 0 Å². The van der Waals surface area contributed by atoms with Crippen molar-refractivity contribution >= 4 is 11.9 Å². The van der Waals surface area contributed by atoms with Crippen LogP contribution in [0.4, 0.5) is 0 Å². The maximum atomic E-state index is 11.8. The highest BCUT2D eigenvalue weighted by molar-refractivity contribution is 5.83. The maximum absolute atomic E-state index is 11.8. The van der Waals surface area contributed by atoms with Crippen molar-refractivity contribution in [2.45, 2.75) is 84.1 Å². The van der Waals surface area contributed by atoms with Crippen molar-refractivity contribution < 1.29 is 14.7 Å². The van der Waals surface area contributed by atoms with Gasteiger partial charge in [-0.05, 0) is 31.7 Å². The van der Waals surface area contributed by atoms with Crippen LogP contribution >= 0.6 is 0 Å². The van der Waals surface area contributed by atoms with Gasteiger partial charge in [-0.15, -0.1) is 0 Å². The summed E-state index contributed by atoms with van der Waals surface area (Å²) in [6.07, 6.45) is 9.93. The number of carboxylic acids is 1. The molecule has 0 saturated heterocycles. The van der Waals surface area contributed by atoms with Gasteiger partial charge in [0.2, 0.25) is 5.91 Å². The Balaban J connectivity index is 3.61.